The summed E-state index contributed by atoms with van der Waals surface area (Å²) in [6.07, 6.45) is 1.39. The molecule has 2 amide bonds. The summed E-state index contributed by atoms with van der Waals surface area (Å²) in [5.74, 6) is -2.15. The molecule has 2 heterocycles. The zero-order chi connectivity index (χ0) is 17.3. The number of amides is 2. The number of anilines is 1. The monoisotopic (exact) mass is 361 g/mol. The van der Waals surface area contributed by atoms with Gasteiger partial charge < -0.3 is 9.90 Å². The number of thioether (sulfide) groups is 1. The number of benzene rings is 1. The highest BCUT2D eigenvalue weighted by atomic mass is 35.5. The van der Waals surface area contributed by atoms with Gasteiger partial charge in [-0.05, 0) is 36.4 Å². The Morgan fingerprint density at radius 3 is 2.62 bits per heavy atom. The summed E-state index contributed by atoms with van der Waals surface area (Å²) in [6.45, 7) is 0. The molecule has 0 bridgehead atoms. The molecule has 0 saturated carbocycles. The van der Waals surface area contributed by atoms with Crippen LogP contribution in [0.25, 0.3) is 0 Å². The second kappa shape index (κ2) is 6.62. The number of aromatic nitrogens is 1. The molecule has 8 heteroatoms. The Morgan fingerprint density at radius 1 is 1.25 bits per heavy atom. The highest BCUT2D eigenvalue weighted by molar-refractivity contribution is 8.00. The highest BCUT2D eigenvalue weighted by Crippen LogP contribution is 2.34. The minimum absolute atomic E-state index is 0.0326. The van der Waals surface area contributed by atoms with Gasteiger partial charge in [-0.15, -0.1) is 0 Å². The van der Waals surface area contributed by atoms with E-state index in [-0.39, 0.29) is 22.9 Å². The first-order valence-electron chi connectivity index (χ1n) is 6.93. The lowest BCUT2D eigenvalue weighted by atomic mass is 10.3. The molecular weight excluding hydrogens is 352 g/mol. The van der Waals surface area contributed by atoms with Crippen molar-refractivity contribution in [3.05, 3.63) is 53.2 Å². The molecule has 1 aromatic heterocycles. The number of carbonyl (C=O) groups excluding carboxylic acids is 3. The van der Waals surface area contributed by atoms with Crippen molar-refractivity contribution in [2.24, 2.45) is 0 Å². The molecule has 1 saturated heterocycles. The number of aromatic carboxylic acids is 1. The van der Waals surface area contributed by atoms with E-state index in [4.69, 9.17) is 11.6 Å². The van der Waals surface area contributed by atoms with Gasteiger partial charge in [0.15, 0.2) is 0 Å². The first-order chi connectivity index (χ1) is 11.5. The third-order valence-electron chi connectivity index (χ3n) is 3.44. The lowest BCUT2D eigenvalue weighted by molar-refractivity contribution is -0.255. The van der Waals surface area contributed by atoms with Crippen LogP contribution in [0.3, 0.4) is 0 Å². The van der Waals surface area contributed by atoms with Crippen LogP contribution >= 0.6 is 23.4 Å². The first-order valence-corrected chi connectivity index (χ1v) is 8.18. The van der Waals surface area contributed by atoms with Crippen LogP contribution in [-0.2, 0) is 9.59 Å². The fourth-order valence-corrected chi connectivity index (χ4v) is 3.56. The van der Waals surface area contributed by atoms with Gasteiger partial charge in [-0.2, -0.15) is 0 Å². The van der Waals surface area contributed by atoms with Crippen molar-refractivity contribution < 1.29 is 19.5 Å². The van der Waals surface area contributed by atoms with Gasteiger partial charge >= 0.3 is 0 Å². The summed E-state index contributed by atoms with van der Waals surface area (Å²) in [4.78, 5) is 40.9. The van der Waals surface area contributed by atoms with Gasteiger partial charge in [-0.25, -0.2) is 9.88 Å². The third kappa shape index (κ3) is 3.13. The number of carboxylic acids is 1. The van der Waals surface area contributed by atoms with Gasteiger partial charge in [0.2, 0.25) is 11.8 Å². The largest absolute Gasteiger partial charge is 0.545 e. The summed E-state index contributed by atoms with van der Waals surface area (Å²) < 4.78 is 0. The van der Waals surface area contributed by atoms with Crippen molar-refractivity contribution in [1.82, 2.24) is 4.98 Å². The second-order valence-electron chi connectivity index (χ2n) is 5.00. The van der Waals surface area contributed by atoms with Crippen LogP contribution in [0.4, 0.5) is 5.69 Å². The third-order valence-corrected chi connectivity index (χ3v) is 4.89. The maximum Gasteiger partial charge on any atom is 0.247 e. The molecule has 0 radical (unpaired) electrons. The predicted octanol–water partition coefficient (Wildman–Crippen LogP) is 1.52. The number of hydrogen-bond donors (Lipinski definition) is 0. The predicted molar refractivity (Wildman–Crippen MR) is 86.8 cm³/mol. The summed E-state index contributed by atoms with van der Waals surface area (Å²) in [5, 5.41) is 11.0. The molecule has 122 valence electrons. The van der Waals surface area contributed by atoms with Crippen LogP contribution in [0.2, 0.25) is 5.02 Å². The van der Waals surface area contributed by atoms with Gasteiger partial charge in [-0.1, -0.05) is 23.4 Å². The average molecular weight is 362 g/mol. The molecule has 0 N–H and O–H groups in total. The van der Waals surface area contributed by atoms with Crippen molar-refractivity contribution >= 4 is 46.8 Å². The first kappa shape index (κ1) is 16.5. The Bertz CT molecular complexity index is 825. The van der Waals surface area contributed by atoms with Crippen molar-refractivity contribution in [2.75, 3.05) is 4.90 Å². The van der Waals surface area contributed by atoms with Crippen LogP contribution < -0.4 is 10.0 Å². The Morgan fingerprint density at radius 2 is 1.96 bits per heavy atom. The molecule has 6 nitrogen and oxygen atoms in total. The smallest absolute Gasteiger partial charge is 0.247 e. The maximum absolute atomic E-state index is 12.5. The summed E-state index contributed by atoms with van der Waals surface area (Å²) in [7, 11) is 0. The van der Waals surface area contributed by atoms with E-state index in [1.165, 1.54) is 18.3 Å². The Labute approximate surface area is 146 Å². The number of carboxylic acid groups (broad SMARTS) is 1. The summed E-state index contributed by atoms with van der Waals surface area (Å²) in [5.41, 5.74) is 0.325. The van der Waals surface area contributed by atoms with E-state index in [1.54, 1.807) is 24.3 Å². The molecule has 2 aromatic rings. The van der Waals surface area contributed by atoms with Crippen LogP contribution in [0.1, 0.15) is 16.8 Å². The molecule has 24 heavy (non-hydrogen) atoms. The molecule has 1 aliphatic heterocycles. The number of carbonyl (C=O) groups is 3. The minimum atomic E-state index is -1.38. The number of hydrogen-bond acceptors (Lipinski definition) is 6. The molecule has 0 spiro atoms. The van der Waals surface area contributed by atoms with Crippen LogP contribution in [0.15, 0.2) is 47.6 Å². The van der Waals surface area contributed by atoms with Crippen molar-refractivity contribution in [2.45, 2.75) is 16.7 Å². The van der Waals surface area contributed by atoms with Gasteiger partial charge in [-0.3, -0.25) is 9.59 Å². The fraction of sp³-hybridized carbons (Fsp3) is 0.125. The molecular formula is C16H10ClN2O4S-. The van der Waals surface area contributed by atoms with E-state index in [9.17, 15) is 19.5 Å². The van der Waals surface area contributed by atoms with Crippen LogP contribution in [0.5, 0.6) is 0 Å². The number of nitrogens with zero attached hydrogens (tertiary/aromatic N) is 2. The molecule has 1 aromatic carbocycles. The quantitative estimate of drug-likeness (QED) is 0.767. The molecule has 0 aliphatic carbocycles. The summed E-state index contributed by atoms with van der Waals surface area (Å²) in [6, 6.07) is 9.16. The molecule has 1 unspecified atom stereocenters. The Balaban J connectivity index is 1.85. The van der Waals surface area contributed by atoms with E-state index in [0.29, 0.717) is 10.7 Å². The lowest BCUT2D eigenvalue weighted by Gasteiger charge is -2.15. The van der Waals surface area contributed by atoms with E-state index in [2.05, 4.69) is 4.98 Å². The number of rotatable bonds is 4. The van der Waals surface area contributed by atoms with E-state index in [1.807, 2.05) is 0 Å². The fourth-order valence-electron chi connectivity index (χ4n) is 2.33. The van der Waals surface area contributed by atoms with Gasteiger partial charge in [0.25, 0.3) is 0 Å². The van der Waals surface area contributed by atoms with Crippen LogP contribution in [0, 0.1) is 0 Å². The zero-order valence-electron chi connectivity index (χ0n) is 12.1. The zero-order valence-corrected chi connectivity index (χ0v) is 13.7. The number of pyridine rings is 1. The second-order valence-corrected chi connectivity index (χ2v) is 6.63. The van der Waals surface area contributed by atoms with Gasteiger partial charge in [0.1, 0.15) is 5.03 Å². The van der Waals surface area contributed by atoms with Crippen molar-refractivity contribution in [3.8, 4) is 0 Å². The Hall–Kier alpha value is -2.38. The highest BCUT2D eigenvalue weighted by Gasteiger charge is 2.40. The molecule has 1 fully saturated rings. The average Bonchev–Trinajstić information content (AvgIpc) is 2.83. The summed E-state index contributed by atoms with van der Waals surface area (Å²) >= 11 is 6.76. The van der Waals surface area contributed by atoms with Gasteiger partial charge in [0, 0.05) is 23.2 Å². The molecule has 3 rings (SSSR count). The maximum atomic E-state index is 12.5. The number of imide groups is 1. The lowest BCUT2D eigenvalue weighted by Crippen LogP contribution is -2.31. The standard InChI is InChI=1S/C16H11ClN2O4S/c17-9-3-5-10(6-4-9)19-13(20)8-12(15(19)21)24-14-11(16(22)23)2-1-7-18-14/h1-7,12H,8H2,(H,22,23)/p-1. The molecule has 1 aliphatic rings. The topological polar surface area (TPSA) is 90.4 Å². The van der Waals surface area contributed by atoms with Crippen molar-refractivity contribution in [3.63, 3.8) is 0 Å². The van der Waals surface area contributed by atoms with E-state index < -0.39 is 17.1 Å². The normalized spacial score (nSPS) is 17.4. The number of halogens is 1. The van der Waals surface area contributed by atoms with E-state index >= 15 is 0 Å². The van der Waals surface area contributed by atoms with Gasteiger partial charge in [0.05, 0.1) is 16.9 Å². The SMILES string of the molecule is O=C([O-])c1cccnc1SC1CC(=O)N(c2ccc(Cl)cc2)C1=O. The van der Waals surface area contributed by atoms with E-state index in [0.717, 1.165) is 16.7 Å². The van der Waals surface area contributed by atoms with Crippen LogP contribution in [-0.4, -0.2) is 28.0 Å². The van der Waals surface area contributed by atoms with Crippen molar-refractivity contribution in [1.29, 1.82) is 0 Å². The Kier molecular flexibility index (Phi) is 4.55. The minimum Gasteiger partial charge on any atom is -0.545 e. The molecule has 1 atom stereocenters.